The van der Waals surface area contributed by atoms with E-state index >= 15 is 0 Å². The second kappa shape index (κ2) is 6.52. The predicted molar refractivity (Wildman–Crippen MR) is 77.1 cm³/mol. The molecule has 0 aliphatic carbocycles. The molecule has 4 nitrogen and oxygen atoms in total. The lowest BCUT2D eigenvalue weighted by atomic mass is 10.1. The molecule has 0 atom stereocenters. The van der Waals surface area contributed by atoms with Crippen LogP contribution in [-0.4, -0.2) is 18.4 Å². The molecule has 1 N–H and O–H groups in total. The van der Waals surface area contributed by atoms with Gasteiger partial charge in [-0.2, -0.15) is 0 Å². The summed E-state index contributed by atoms with van der Waals surface area (Å²) >= 11 is 0. The average Bonchev–Trinajstić information content (AvgIpc) is 2.46. The van der Waals surface area contributed by atoms with Gasteiger partial charge in [-0.3, -0.25) is 4.79 Å². The summed E-state index contributed by atoms with van der Waals surface area (Å²) < 4.78 is 4.94. The second-order valence-corrected chi connectivity index (χ2v) is 4.31. The molecular weight excluding hydrogens is 254 g/mol. The van der Waals surface area contributed by atoms with Crippen LogP contribution in [0, 0.1) is 0 Å². The molecule has 2 rings (SSSR count). The van der Waals surface area contributed by atoms with E-state index < -0.39 is 5.97 Å². The van der Waals surface area contributed by atoms with Gasteiger partial charge in [0.25, 0.3) is 0 Å². The number of benzene rings is 2. The number of ether oxygens (including phenoxy) is 1. The first kappa shape index (κ1) is 13.8. The van der Waals surface area contributed by atoms with Crippen molar-refractivity contribution in [3.63, 3.8) is 0 Å². The molecule has 0 unspecified atom stereocenters. The van der Waals surface area contributed by atoms with E-state index in [1.54, 1.807) is 18.2 Å². The Morgan fingerprint density at radius 1 is 1.00 bits per heavy atom. The summed E-state index contributed by atoms with van der Waals surface area (Å²) in [5.41, 5.74) is 1.92. The molecule has 102 valence electrons. The molecule has 0 fully saturated rings. The molecule has 2 aromatic carbocycles. The third-order valence-corrected chi connectivity index (χ3v) is 2.61. The highest BCUT2D eigenvalue weighted by atomic mass is 16.5. The fourth-order valence-corrected chi connectivity index (χ4v) is 1.69. The zero-order valence-corrected chi connectivity index (χ0v) is 11.1. The zero-order chi connectivity index (χ0) is 14.4. The Balaban J connectivity index is 2.18. The van der Waals surface area contributed by atoms with Crippen molar-refractivity contribution in [2.24, 2.45) is 0 Å². The number of carbonyl (C=O) groups excluding carboxylic acids is 2. The highest BCUT2D eigenvalue weighted by molar-refractivity contribution is 5.97. The Morgan fingerprint density at radius 3 is 2.35 bits per heavy atom. The summed E-state index contributed by atoms with van der Waals surface area (Å²) in [6.07, 6.45) is 0. The van der Waals surface area contributed by atoms with Crippen molar-refractivity contribution < 1.29 is 14.3 Å². The first-order valence-corrected chi connectivity index (χ1v) is 6.24. The van der Waals surface area contributed by atoms with Gasteiger partial charge in [0.05, 0.1) is 11.3 Å². The van der Waals surface area contributed by atoms with Crippen molar-refractivity contribution in [2.45, 2.75) is 6.92 Å². The first-order valence-electron chi connectivity index (χ1n) is 6.24. The van der Waals surface area contributed by atoms with E-state index in [0.29, 0.717) is 11.3 Å². The maximum Gasteiger partial charge on any atom is 0.340 e. The van der Waals surface area contributed by atoms with Gasteiger partial charge in [-0.15, -0.1) is 0 Å². The number of hydrogen-bond donors (Lipinski definition) is 1. The molecule has 0 aromatic heterocycles. The number of carbonyl (C=O) groups is 2. The Morgan fingerprint density at radius 2 is 1.65 bits per heavy atom. The SMILES string of the molecule is CC(=O)COC(=O)c1ccccc1Nc1ccccc1. The standard InChI is InChI=1S/C16H15NO3/c1-12(18)11-20-16(19)14-9-5-6-10-15(14)17-13-7-3-2-4-8-13/h2-10,17H,11H2,1H3. The Hall–Kier alpha value is -2.62. The van der Waals surface area contributed by atoms with Crippen molar-refractivity contribution in [3.8, 4) is 0 Å². The Kier molecular flexibility index (Phi) is 4.50. The van der Waals surface area contributed by atoms with E-state index in [4.69, 9.17) is 4.74 Å². The van der Waals surface area contributed by atoms with Crippen LogP contribution < -0.4 is 5.32 Å². The summed E-state index contributed by atoms with van der Waals surface area (Å²) in [6.45, 7) is 1.17. The second-order valence-electron chi connectivity index (χ2n) is 4.31. The van der Waals surface area contributed by atoms with Crippen LogP contribution in [0.4, 0.5) is 11.4 Å². The molecule has 2 aromatic rings. The number of anilines is 2. The maximum absolute atomic E-state index is 11.9. The highest BCUT2D eigenvalue weighted by Gasteiger charge is 2.13. The Labute approximate surface area is 117 Å². The Bertz CT molecular complexity index is 608. The van der Waals surface area contributed by atoms with Crippen molar-refractivity contribution in [2.75, 3.05) is 11.9 Å². The first-order chi connectivity index (χ1) is 9.66. The van der Waals surface area contributed by atoms with Gasteiger partial charge in [-0.1, -0.05) is 30.3 Å². The van der Waals surface area contributed by atoms with Crippen LogP contribution in [0.1, 0.15) is 17.3 Å². The van der Waals surface area contributed by atoms with Gasteiger partial charge in [0.1, 0.15) is 6.61 Å². The third-order valence-electron chi connectivity index (χ3n) is 2.61. The quantitative estimate of drug-likeness (QED) is 0.847. The number of para-hydroxylation sites is 2. The fourth-order valence-electron chi connectivity index (χ4n) is 1.69. The minimum Gasteiger partial charge on any atom is -0.454 e. The summed E-state index contributed by atoms with van der Waals surface area (Å²) in [4.78, 5) is 22.8. The van der Waals surface area contributed by atoms with E-state index in [9.17, 15) is 9.59 Å². The molecule has 0 saturated carbocycles. The number of nitrogens with one attached hydrogen (secondary N) is 1. The van der Waals surface area contributed by atoms with Crippen molar-refractivity contribution >= 4 is 23.1 Å². The molecule has 0 saturated heterocycles. The number of Topliss-reactive ketones (excluding diaryl/α,β-unsaturated/α-hetero) is 1. The largest absolute Gasteiger partial charge is 0.454 e. The smallest absolute Gasteiger partial charge is 0.340 e. The molecule has 4 heteroatoms. The van der Waals surface area contributed by atoms with Crippen LogP contribution in [0.25, 0.3) is 0 Å². The van der Waals surface area contributed by atoms with Crippen LogP contribution in [0.2, 0.25) is 0 Å². The van der Waals surface area contributed by atoms with Gasteiger partial charge in [0, 0.05) is 5.69 Å². The van der Waals surface area contributed by atoms with Gasteiger partial charge in [0.15, 0.2) is 5.78 Å². The molecule has 0 aliphatic heterocycles. The number of ketones is 1. The molecule has 0 amide bonds. The van der Waals surface area contributed by atoms with Gasteiger partial charge in [-0.05, 0) is 31.2 Å². The number of rotatable bonds is 5. The maximum atomic E-state index is 11.9. The summed E-state index contributed by atoms with van der Waals surface area (Å²) in [5.74, 6) is -0.703. The topological polar surface area (TPSA) is 55.4 Å². The minimum atomic E-state index is -0.515. The fraction of sp³-hybridized carbons (Fsp3) is 0.125. The summed E-state index contributed by atoms with van der Waals surface area (Å²) in [5, 5.41) is 3.16. The van der Waals surface area contributed by atoms with E-state index in [0.717, 1.165) is 5.69 Å². The lowest BCUT2D eigenvalue weighted by molar-refractivity contribution is -0.120. The van der Waals surface area contributed by atoms with Crippen LogP contribution >= 0.6 is 0 Å². The van der Waals surface area contributed by atoms with E-state index in [2.05, 4.69) is 5.32 Å². The van der Waals surface area contributed by atoms with Crippen LogP contribution in [0.3, 0.4) is 0 Å². The monoisotopic (exact) mass is 269 g/mol. The normalized spacial score (nSPS) is 9.85. The number of hydrogen-bond acceptors (Lipinski definition) is 4. The van der Waals surface area contributed by atoms with Crippen LogP contribution in [-0.2, 0) is 9.53 Å². The highest BCUT2D eigenvalue weighted by Crippen LogP contribution is 2.21. The lowest BCUT2D eigenvalue weighted by Gasteiger charge is -2.11. The average molecular weight is 269 g/mol. The van der Waals surface area contributed by atoms with Gasteiger partial charge < -0.3 is 10.1 Å². The summed E-state index contributed by atoms with van der Waals surface area (Å²) in [6, 6.07) is 16.5. The lowest BCUT2D eigenvalue weighted by Crippen LogP contribution is -2.12. The molecule has 0 radical (unpaired) electrons. The van der Waals surface area contributed by atoms with Crippen LogP contribution in [0.5, 0.6) is 0 Å². The molecule has 0 spiro atoms. The molecule has 0 heterocycles. The van der Waals surface area contributed by atoms with E-state index in [-0.39, 0.29) is 12.4 Å². The molecular formula is C16H15NO3. The van der Waals surface area contributed by atoms with Gasteiger partial charge in [0.2, 0.25) is 0 Å². The zero-order valence-electron chi connectivity index (χ0n) is 11.1. The predicted octanol–water partition coefficient (Wildman–Crippen LogP) is 3.18. The van der Waals surface area contributed by atoms with Crippen molar-refractivity contribution in [1.82, 2.24) is 0 Å². The summed E-state index contributed by atoms with van der Waals surface area (Å²) in [7, 11) is 0. The molecule has 20 heavy (non-hydrogen) atoms. The number of esters is 1. The van der Waals surface area contributed by atoms with Crippen molar-refractivity contribution in [1.29, 1.82) is 0 Å². The van der Waals surface area contributed by atoms with E-state index in [1.807, 2.05) is 36.4 Å². The van der Waals surface area contributed by atoms with Crippen molar-refractivity contribution in [3.05, 3.63) is 60.2 Å². The molecule has 0 aliphatic rings. The van der Waals surface area contributed by atoms with Crippen LogP contribution in [0.15, 0.2) is 54.6 Å². The van der Waals surface area contributed by atoms with E-state index in [1.165, 1.54) is 6.92 Å². The van der Waals surface area contributed by atoms with Gasteiger partial charge in [-0.25, -0.2) is 4.79 Å². The third kappa shape index (κ3) is 3.68. The minimum absolute atomic E-state index is 0.188. The molecule has 0 bridgehead atoms. The van der Waals surface area contributed by atoms with Gasteiger partial charge >= 0.3 is 5.97 Å².